The van der Waals surface area contributed by atoms with Gasteiger partial charge in [0.1, 0.15) is 0 Å². The van der Waals surface area contributed by atoms with Crippen LogP contribution in [0, 0.1) is 17.8 Å². The normalized spacial score (nSPS) is 42.0. The lowest BCUT2D eigenvalue weighted by molar-refractivity contribution is 0.274. The van der Waals surface area contributed by atoms with Crippen molar-refractivity contribution in [1.29, 1.82) is 0 Å². The molecule has 3 heterocycles. The molecule has 0 amide bonds. The van der Waals surface area contributed by atoms with Crippen LogP contribution in [0.3, 0.4) is 0 Å². The molecule has 3 saturated heterocycles. The van der Waals surface area contributed by atoms with Crippen LogP contribution in [0.4, 0.5) is 0 Å². The maximum atomic E-state index is 2.50. The summed E-state index contributed by atoms with van der Waals surface area (Å²) in [6.45, 7) is 4.85. The van der Waals surface area contributed by atoms with E-state index in [1.54, 1.807) is 87.3 Å². The van der Waals surface area contributed by atoms with Crippen LogP contribution < -0.4 is 0 Å². The Bertz CT molecular complexity index is 328. The fraction of sp³-hybridized carbons (Fsp3) is 1.00. The van der Waals surface area contributed by atoms with Crippen molar-refractivity contribution in [3.05, 3.63) is 0 Å². The Morgan fingerprint density at radius 1 is 0.783 bits per heavy atom. The van der Waals surface area contributed by atoms with Crippen molar-refractivity contribution < 1.29 is 0 Å². The highest BCUT2D eigenvalue weighted by Gasteiger charge is 2.41. The van der Waals surface area contributed by atoms with E-state index in [0.29, 0.717) is 0 Å². The smallest absolute Gasteiger partial charge is 0.0536 e. The lowest BCUT2D eigenvalue weighted by Crippen LogP contribution is -2.42. The van der Waals surface area contributed by atoms with Crippen LogP contribution in [0.15, 0.2) is 0 Å². The second kappa shape index (κ2) is 8.69. The molecule has 2 heteroatoms. The third-order valence-corrected chi connectivity index (χ3v) is 17.1. The third kappa shape index (κ3) is 4.97. The van der Waals surface area contributed by atoms with E-state index in [9.17, 15) is 0 Å². The van der Waals surface area contributed by atoms with E-state index >= 15 is 0 Å². The molecule has 3 fully saturated rings. The molecule has 0 aromatic heterocycles. The van der Waals surface area contributed by atoms with Crippen LogP contribution in [0.1, 0.15) is 71.6 Å². The van der Waals surface area contributed by atoms with E-state index in [0.717, 1.165) is 11.8 Å². The first-order chi connectivity index (χ1) is 11.2. The summed E-state index contributed by atoms with van der Waals surface area (Å²) in [4.78, 5) is 0. The molecule has 0 bridgehead atoms. The van der Waals surface area contributed by atoms with E-state index in [-0.39, 0.29) is 8.80 Å². The molecule has 0 radical (unpaired) electrons. The molecule has 0 saturated carbocycles. The maximum absolute atomic E-state index is 2.50. The summed E-state index contributed by atoms with van der Waals surface area (Å²) in [7, 11) is -1.03. The van der Waals surface area contributed by atoms with Crippen molar-refractivity contribution in [2.45, 2.75) is 114 Å². The average molecular weight is 351 g/mol. The number of hydrogen-bond acceptors (Lipinski definition) is 0. The first kappa shape index (κ1) is 18.2. The molecule has 1 spiro atoms. The lowest BCUT2D eigenvalue weighted by Gasteiger charge is -2.45. The van der Waals surface area contributed by atoms with Crippen LogP contribution in [-0.4, -0.2) is 16.9 Å². The number of unbranched alkanes of at least 4 members (excludes halogenated alkanes) is 2. The Labute approximate surface area is 148 Å². The quantitative estimate of drug-likeness (QED) is 0.366. The highest BCUT2D eigenvalue weighted by atomic mass is 28.3. The second-order valence-corrected chi connectivity index (χ2v) is 18.3. The molecule has 0 N–H and O–H groups in total. The lowest BCUT2D eigenvalue weighted by atomic mass is 9.83. The Hall–Kier alpha value is 0.434. The van der Waals surface area contributed by atoms with Gasteiger partial charge in [0.25, 0.3) is 0 Å². The number of rotatable bonds is 5. The van der Waals surface area contributed by atoms with Gasteiger partial charge in [-0.3, -0.25) is 0 Å². The van der Waals surface area contributed by atoms with Gasteiger partial charge in [0.2, 0.25) is 0 Å². The zero-order valence-electron chi connectivity index (χ0n) is 16.1. The summed E-state index contributed by atoms with van der Waals surface area (Å²) in [5.74, 6) is 3.38. The highest BCUT2D eigenvalue weighted by molar-refractivity contribution is 6.80. The first-order valence-corrected chi connectivity index (χ1v) is 16.5. The molecule has 0 nitrogen and oxygen atoms in total. The molecular formula is C21H42Si2. The molecular weight excluding hydrogens is 308 g/mol. The van der Waals surface area contributed by atoms with Gasteiger partial charge in [0, 0.05) is 8.80 Å². The average Bonchev–Trinajstić information content (AvgIpc) is 2.60. The van der Waals surface area contributed by atoms with Gasteiger partial charge in [-0.05, 0) is 17.8 Å². The van der Waals surface area contributed by atoms with E-state index in [2.05, 4.69) is 13.8 Å². The third-order valence-electron chi connectivity index (χ3n) is 8.20. The highest BCUT2D eigenvalue weighted by Crippen LogP contribution is 2.48. The maximum Gasteiger partial charge on any atom is 0.0536 e. The Balaban J connectivity index is 1.38. The summed E-state index contributed by atoms with van der Waals surface area (Å²) >= 11 is 0. The van der Waals surface area contributed by atoms with Gasteiger partial charge >= 0.3 is 0 Å². The van der Waals surface area contributed by atoms with Crippen LogP contribution in [0.5, 0.6) is 0 Å². The van der Waals surface area contributed by atoms with Gasteiger partial charge in [-0.2, -0.15) is 0 Å². The van der Waals surface area contributed by atoms with Crippen molar-refractivity contribution in [3.63, 3.8) is 0 Å². The van der Waals surface area contributed by atoms with Gasteiger partial charge in [-0.15, -0.1) is 0 Å². The van der Waals surface area contributed by atoms with Crippen molar-refractivity contribution in [2.75, 3.05) is 0 Å². The van der Waals surface area contributed by atoms with Crippen molar-refractivity contribution in [3.8, 4) is 0 Å². The summed E-state index contributed by atoms with van der Waals surface area (Å²) < 4.78 is 0. The molecule has 23 heavy (non-hydrogen) atoms. The minimum absolute atomic E-state index is 0.283. The van der Waals surface area contributed by atoms with Gasteiger partial charge in [-0.25, -0.2) is 0 Å². The first-order valence-electron chi connectivity index (χ1n) is 11.2. The van der Waals surface area contributed by atoms with Crippen molar-refractivity contribution >= 4 is 16.9 Å². The second-order valence-electron chi connectivity index (χ2n) is 9.80. The molecule has 3 aliphatic heterocycles. The van der Waals surface area contributed by atoms with Gasteiger partial charge in [0.15, 0.2) is 0 Å². The molecule has 0 aromatic rings. The Morgan fingerprint density at radius 2 is 1.35 bits per heavy atom. The minimum Gasteiger partial charge on any atom is -0.0654 e. The Morgan fingerprint density at radius 3 is 1.96 bits per heavy atom. The minimum atomic E-state index is -0.744. The van der Waals surface area contributed by atoms with Crippen LogP contribution in [0.25, 0.3) is 0 Å². The molecule has 3 aliphatic rings. The summed E-state index contributed by atoms with van der Waals surface area (Å²) in [5, 5.41) is 0. The predicted molar refractivity (Wildman–Crippen MR) is 110 cm³/mol. The van der Waals surface area contributed by atoms with Crippen LogP contribution in [0.2, 0.25) is 42.3 Å². The molecule has 3 rings (SSSR count). The van der Waals surface area contributed by atoms with Gasteiger partial charge in [-0.1, -0.05) is 114 Å². The van der Waals surface area contributed by atoms with Gasteiger partial charge in [0.05, 0.1) is 8.07 Å². The summed E-state index contributed by atoms with van der Waals surface area (Å²) in [6.07, 6.45) is 14.3. The number of hydrogen-bond donors (Lipinski definition) is 0. The fourth-order valence-corrected chi connectivity index (χ4v) is 15.4. The standard InChI is InChI=1S/C21H42Si2/c1-3-4-5-12-22-13-6-20(7-14-22)21-10-17-23(18-11-21)15-8-19(2)9-16-23/h19-22H,3-18H2,1-2H3/t19-,20?,21-,22?,23?. The summed E-state index contributed by atoms with van der Waals surface area (Å²) in [5.41, 5.74) is 0. The van der Waals surface area contributed by atoms with Crippen molar-refractivity contribution in [1.82, 2.24) is 0 Å². The van der Waals surface area contributed by atoms with E-state index in [1.165, 1.54) is 18.8 Å². The zero-order valence-corrected chi connectivity index (χ0v) is 18.3. The van der Waals surface area contributed by atoms with E-state index in [1.807, 2.05) is 0 Å². The predicted octanol–water partition coefficient (Wildman–Crippen LogP) is 7.10. The topological polar surface area (TPSA) is 0 Å². The summed E-state index contributed by atoms with van der Waals surface area (Å²) in [6, 6.07) is 12.0. The molecule has 0 atom stereocenters. The zero-order chi connectivity index (χ0) is 16.1. The molecule has 0 aromatic carbocycles. The van der Waals surface area contributed by atoms with Crippen LogP contribution in [-0.2, 0) is 0 Å². The fourth-order valence-electron chi connectivity index (χ4n) is 6.23. The van der Waals surface area contributed by atoms with Gasteiger partial charge < -0.3 is 0 Å². The van der Waals surface area contributed by atoms with Crippen molar-refractivity contribution in [2.24, 2.45) is 17.8 Å². The molecule has 134 valence electrons. The Kier molecular flexibility index (Phi) is 6.89. The van der Waals surface area contributed by atoms with E-state index in [4.69, 9.17) is 0 Å². The largest absolute Gasteiger partial charge is 0.0654 e. The SMILES string of the molecule is CCCCC[SiH]1CCC([C@H]2CC[Si]3(CC[C@@H](C)CC3)CC2)CC1. The monoisotopic (exact) mass is 350 g/mol. The molecule has 0 aliphatic carbocycles. The van der Waals surface area contributed by atoms with E-state index < -0.39 is 8.07 Å². The molecule has 0 unspecified atom stereocenters. The van der Waals surface area contributed by atoms with Crippen LogP contribution >= 0.6 is 0 Å².